The summed E-state index contributed by atoms with van der Waals surface area (Å²) in [6, 6.07) is 0. The summed E-state index contributed by atoms with van der Waals surface area (Å²) < 4.78 is 194. The summed E-state index contributed by atoms with van der Waals surface area (Å²) in [7, 11) is -14.9. The van der Waals surface area contributed by atoms with E-state index in [4.69, 9.17) is 59.7 Å². The summed E-state index contributed by atoms with van der Waals surface area (Å²) in [6.07, 6.45) is -35.1. The van der Waals surface area contributed by atoms with Gasteiger partial charge in [-0.15, -0.1) is 17.3 Å². The van der Waals surface area contributed by atoms with Gasteiger partial charge >= 0.3 is 207 Å². The van der Waals surface area contributed by atoms with E-state index in [2.05, 4.69) is 50.0 Å². The van der Waals surface area contributed by atoms with Crippen molar-refractivity contribution in [2.75, 3.05) is 40.6 Å². The van der Waals surface area contributed by atoms with Crippen LogP contribution in [-0.4, -0.2) is 238 Å². The Labute approximate surface area is 641 Å². The Morgan fingerprint density at radius 3 is 1.11 bits per heavy atom. The predicted octanol–water partition coefficient (Wildman–Crippen LogP) is -32.8. The minimum absolute atomic E-state index is 0. The normalized spacial score (nSPS) is 33.5. The Bertz CT molecular complexity index is 1940. The zero-order valence-electron chi connectivity index (χ0n) is 44.1. The molecule has 0 aromatic heterocycles. The SMILES string of the molecule is CO[C@H]1OC(CO[C@H]2OC(CO)[C@@H](O)[C@H](O)C2O)[C@@H](O)[C@H](O)C1O.CO[C@H]1OC(CO[C@H]2OC(COS(=O)(=O)[O-])[C@@H](OSOO[O-])[C@H](OSOO[O-])C2OS(=O)(=O)[O-])[C@@H](OSOO[O-])[C@H](OSOO[O-])C1OS(=O)(=O)[O-].[Na+].[Na+].[Na+].[Na+].[Na+].[Na+].[Na+]. The summed E-state index contributed by atoms with van der Waals surface area (Å²) >= 11 is -1.36. The van der Waals surface area contributed by atoms with Crippen LogP contribution in [-0.2, 0) is 136 Å². The average Bonchev–Trinajstić information content (AvgIpc) is 3.35. The van der Waals surface area contributed by atoms with Crippen molar-refractivity contribution < 1.29 is 407 Å². The summed E-state index contributed by atoms with van der Waals surface area (Å²) in [5.41, 5.74) is 0. The molecule has 0 amide bonds. The average molecular weight is 1430 g/mol. The molecule has 0 radical (unpaired) electrons. The molecular weight excluding hydrogens is 1390 g/mol. The molecule has 0 aromatic carbocycles. The molecule has 8 unspecified atom stereocenters. The number of methoxy groups -OCH3 is 2. The quantitative estimate of drug-likeness (QED) is 0.00625. The van der Waals surface area contributed by atoms with Crippen LogP contribution in [0.25, 0.3) is 0 Å². The number of hydrogen-bond donors (Lipinski definition) is 7. The molecule has 0 aliphatic carbocycles. The molecule has 4 rings (SSSR count). The summed E-state index contributed by atoms with van der Waals surface area (Å²) in [4.78, 5) is 0. The van der Waals surface area contributed by atoms with Gasteiger partial charge in [-0.05, 0) is 0 Å². The van der Waals surface area contributed by atoms with Crippen molar-refractivity contribution in [3.8, 4) is 0 Å². The molecule has 4 aliphatic heterocycles. The molecule has 4 saturated heterocycles. The van der Waals surface area contributed by atoms with E-state index >= 15 is 0 Å². The molecule has 43 nitrogen and oxygen atoms in total. The second-order valence-electron chi connectivity index (χ2n) is 14.1. The third kappa shape index (κ3) is 34.7. The molecular formula is C26H41Na7O43S7. The van der Waals surface area contributed by atoms with Crippen LogP contribution in [0.15, 0.2) is 0 Å². The van der Waals surface area contributed by atoms with Crippen LogP contribution in [0, 0.1) is 0 Å². The number of ether oxygens (including phenoxy) is 8. The second-order valence-corrected chi connectivity index (χ2v) is 19.1. The van der Waals surface area contributed by atoms with Gasteiger partial charge in [-0.2, -0.15) is 0 Å². The molecule has 452 valence electrons. The maximum atomic E-state index is 11.7. The minimum atomic E-state index is -5.84. The fraction of sp³-hybridized carbons (Fsp3) is 1.00. The molecule has 4 aliphatic rings. The van der Waals surface area contributed by atoms with E-state index in [0.29, 0.717) is 0 Å². The first-order valence-electron chi connectivity index (χ1n) is 19.4. The standard InChI is InChI=1S/C13H24O32S7.C13H24O11.7Na/c1-27-12-10(36-51(21,22)23)8(34-48-44-40-16)6(32-46-42-38-14)4(30-12)2-28-13-11(37-52(24,25)26)9(35-49-45-41-17)7(33-47-43-39-15)5(31-13)3-29-50(18,19)20;1-21-12-10(19)9(18)7(16)5(24-12)3-22-13-11(20)8(17)6(15)4(2-14)23-13;;;;;;;/h4-17H,2-3H2,1H3,(H,18,19,20)(H,21,22,23)(H,24,25,26);4-20H,2-3H2,1H3;;;;;;;/q;;7*+1/p-7/t2*4?,5?,6-,7-,8+,9+,10?,11?,12+,13+;;;;;;;/m11......./s1. The zero-order valence-corrected chi connectivity index (χ0v) is 63.8. The van der Waals surface area contributed by atoms with E-state index < -0.39 is 186 Å². The van der Waals surface area contributed by atoms with E-state index in [1.165, 1.54) is 7.11 Å². The van der Waals surface area contributed by atoms with Crippen LogP contribution in [0.2, 0.25) is 0 Å². The molecule has 83 heavy (non-hydrogen) atoms. The molecule has 4 fully saturated rings. The Balaban J connectivity index is -0.000000555. The van der Waals surface area contributed by atoms with Gasteiger partial charge in [-0.25, -0.2) is 25.3 Å². The smallest absolute Gasteiger partial charge is 0.726 e. The molecule has 20 atom stereocenters. The zero-order chi connectivity index (χ0) is 57.0. The van der Waals surface area contributed by atoms with Crippen molar-refractivity contribution in [3.05, 3.63) is 0 Å². The molecule has 0 bridgehead atoms. The summed E-state index contributed by atoms with van der Waals surface area (Å²) in [6.45, 7) is -3.45. The minimum Gasteiger partial charge on any atom is -0.726 e. The Morgan fingerprint density at radius 1 is 0.398 bits per heavy atom. The number of rotatable bonds is 32. The fourth-order valence-corrected chi connectivity index (χ4v) is 9.29. The van der Waals surface area contributed by atoms with Crippen LogP contribution in [0.4, 0.5) is 0 Å². The van der Waals surface area contributed by atoms with Crippen molar-refractivity contribution in [1.29, 1.82) is 0 Å². The van der Waals surface area contributed by atoms with E-state index in [0.717, 1.165) is 7.11 Å². The molecule has 0 aromatic rings. The third-order valence-electron chi connectivity index (χ3n) is 9.67. The Hall–Kier alpha value is 6.77. The first-order valence-corrected chi connectivity index (χ1v) is 26.1. The van der Waals surface area contributed by atoms with Gasteiger partial charge in [0, 0.05) is 14.2 Å². The van der Waals surface area contributed by atoms with Gasteiger partial charge < -0.3 is 108 Å². The van der Waals surface area contributed by atoms with Gasteiger partial charge in [0.2, 0.25) is 31.2 Å². The molecule has 57 heteroatoms. The molecule has 0 saturated carbocycles. The van der Waals surface area contributed by atoms with Gasteiger partial charge in [0.05, 0.1) is 26.4 Å². The molecule has 7 N–H and O–H groups in total. The summed E-state index contributed by atoms with van der Waals surface area (Å²) in [5, 5.41) is 121. The first-order chi connectivity index (χ1) is 35.8. The largest absolute Gasteiger partial charge is 1.00 e. The van der Waals surface area contributed by atoms with Crippen molar-refractivity contribution in [2.45, 2.75) is 123 Å². The fourth-order valence-electron chi connectivity index (χ4n) is 6.55. The number of aliphatic hydroxyl groups is 7. The van der Waals surface area contributed by atoms with Crippen LogP contribution in [0.3, 0.4) is 0 Å². The topological polar surface area (TPSA) is 618 Å². The summed E-state index contributed by atoms with van der Waals surface area (Å²) in [5.74, 6) is 0. The maximum Gasteiger partial charge on any atom is 1.00 e. The van der Waals surface area contributed by atoms with Gasteiger partial charge in [0.1, 0.15) is 85.5 Å². The van der Waals surface area contributed by atoms with E-state index in [-0.39, 0.29) is 250 Å². The van der Waals surface area contributed by atoms with Gasteiger partial charge in [0.15, 0.2) is 86.7 Å². The van der Waals surface area contributed by atoms with Crippen molar-refractivity contribution in [2.24, 2.45) is 0 Å². The van der Waals surface area contributed by atoms with Gasteiger partial charge in [-0.1, -0.05) is 0 Å². The second kappa shape index (κ2) is 51.0. The molecule has 0 spiro atoms. The number of hydrogen-bond acceptors (Lipinski definition) is 47. The van der Waals surface area contributed by atoms with E-state index in [1.807, 2.05) is 0 Å². The monoisotopic (exact) mass is 1430 g/mol. The van der Waals surface area contributed by atoms with E-state index in [9.17, 15) is 90.6 Å². The van der Waals surface area contributed by atoms with Crippen LogP contribution >= 0.6 is 49.3 Å². The first kappa shape index (κ1) is 98.4. The van der Waals surface area contributed by atoms with Crippen molar-refractivity contribution in [3.63, 3.8) is 0 Å². The van der Waals surface area contributed by atoms with Gasteiger partial charge in [0.25, 0.3) is 0 Å². The van der Waals surface area contributed by atoms with E-state index in [1.54, 1.807) is 0 Å². The number of aliphatic hydroxyl groups excluding tert-OH is 7. The van der Waals surface area contributed by atoms with Gasteiger partial charge in [-0.3, -0.25) is 49.4 Å². The Morgan fingerprint density at radius 2 is 0.723 bits per heavy atom. The maximum absolute atomic E-state index is 11.7. The predicted molar refractivity (Wildman–Crippen MR) is 207 cm³/mol. The van der Waals surface area contributed by atoms with Crippen molar-refractivity contribution in [1.82, 2.24) is 0 Å². The van der Waals surface area contributed by atoms with Crippen LogP contribution in [0.1, 0.15) is 0 Å². The molecule has 4 heterocycles. The van der Waals surface area contributed by atoms with Crippen LogP contribution in [0.5, 0.6) is 0 Å². The Kier molecular flexibility index (Phi) is 60.5. The van der Waals surface area contributed by atoms with Crippen molar-refractivity contribution >= 4 is 80.5 Å². The third-order valence-corrected chi connectivity index (χ3v) is 12.7. The van der Waals surface area contributed by atoms with Crippen LogP contribution < -0.4 is 228 Å².